The lowest BCUT2D eigenvalue weighted by Crippen LogP contribution is -2.44. The first kappa shape index (κ1) is 25.7. The first-order chi connectivity index (χ1) is 18.0. The van der Waals surface area contributed by atoms with Crippen molar-refractivity contribution in [3.63, 3.8) is 0 Å². The van der Waals surface area contributed by atoms with Crippen molar-refractivity contribution in [3.05, 3.63) is 82.7 Å². The van der Waals surface area contributed by atoms with Gasteiger partial charge in [-0.2, -0.15) is 5.10 Å². The van der Waals surface area contributed by atoms with Crippen LogP contribution in [0.4, 0.5) is 0 Å². The zero-order chi connectivity index (χ0) is 26.0. The molecule has 37 heavy (non-hydrogen) atoms. The number of aryl methyl sites for hydroxylation is 2. The highest BCUT2D eigenvalue weighted by molar-refractivity contribution is 5.49. The molecule has 6 rings (SSSR count). The Hall–Kier alpha value is -2.92. The van der Waals surface area contributed by atoms with E-state index in [9.17, 15) is 9.90 Å². The van der Waals surface area contributed by atoms with Crippen molar-refractivity contribution in [2.45, 2.75) is 75.7 Å². The summed E-state index contributed by atoms with van der Waals surface area (Å²) in [5, 5.41) is 17.9. The van der Waals surface area contributed by atoms with E-state index >= 15 is 0 Å². The number of phenols is 1. The molecule has 3 aromatic rings. The normalized spacial score (nSPS) is 27.2. The molecule has 2 aromatic carbocycles. The molecule has 1 fully saturated rings. The van der Waals surface area contributed by atoms with Gasteiger partial charge in [-0.3, -0.25) is 4.68 Å². The summed E-state index contributed by atoms with van der Waals surface area (Å²) in [5.41, 5.74) is 7.06. The zero-order valence-corrected chi connectivity index (χ0v) is 22.5. The molecule has 0 spiro atoms. The highest BCUT2D eigenvalue weighted by Crippen LogP contribution is 2.64. The fourth-order valence-electron chi connectivity index (χ4n) is 7.81. The molecule has 5 atom stereocenters. The summed E-state index contributed by atoms with van der Waals surface area (Å²) in [6.07, 6.45) is 10.7. The lowest BCUT2D eigenvalue weighted by atomic mass is 9.53. The van der Waals surface area contributed by atoms with E-state index < -0.39 is 0 Å². The zero-order valence-electron chi connectivity index (χ0n) is 22.5. The molecule has 0 amide bonds. The first-order valence-corrected chi connectivity index (χ1v) is 13.9. The van der Waals surface area contributed by atoms with Crippen molar-refractivity contribution in [2.24, 2.45) is 18.9 Å². The van der Waals surface area contributed by atoms with Gasteiger partial charge >= 0.3 is 0 Å². The number of aromatic hydroxyl groups is 1. The Balaban J connectivity index is 0.000000265. The number of benzene rings is 2. The third-order valence-corrected chi connectivity index (χ3v) is 9.25. The van der Waals surface area contributed by atoms with E-state index in [0.29, 0.717) is 35.8 Å². The monoisotopic (exact) mass is 499 g/mol. The van der Waals surface area contributed by atoms with Gasteiger partial charge in [0.1, 0.15) is 12.0 Å². The average molecular weight is 500 g/mol. The lowest BCUT2D eigenvalue weighted by molar-refractivity contribution is -0.108. The van der Waals surface area contributed by atoms with Gasteiger partial charge in [-0.1, -0.05) is 43.3 Å². The summed E-state index contributed by atoms with van der Waals surface area (Å²) < 4.78 is 1.99. The van der Waals surface area contributed by atoms with Crippen molar-refractivity contribution in [1.82, 2.24) is 15.1 Å². The second kappa shape index (κ2) is 10.8. The number of carbonyl (C=O) groups is 1. The minimum atomic E-state index is 0.151. The van der Waals surface area contributed by atoms with Crippen LogP contribution < -0.4 is 5.32 Å². The van der Waals surface area contributed by atoms with Crippen LogP contribution in [-0.2, 0) is 30.2 Å². The molecule has 5 heteroatoms. The molecular formula is C32H41N3O2. The molecule has 2 N–H and O–H groups in total. The molecule has 196 valence electrons. The number of hydrogen-bond donors (Lipinski definition) is 2. The third-order valence-electron chi connectivity index (χ3n) is 9.25. The van der Waals surface area contributed by atoms with E-state index in [1.165, 1.54) is 47.2 Å². The van der Waals surface area contributed by atoms with Crippen LogP contribution in [0.3, 0.4) is 0 Å². The molecule has 3 aliphatic carbocycles. The lowest BCUT2D eigenvalue weighted by Gasteiger charge is -2.50. The van der Waals surface area contributed by atoms with E-state index in [2.05, 4.69) is 36.6 Å². The fraction of sp³-hybridized carbons (Fsp3) is 0.500. The van der Waals surface area contributed by atoms with Gasteiger partial charge in [-0.25, -0.2) is 0 Å². The van der Waals surface area contributed by atoms with Crippen LogP contribution in [0.2, 0.25) is 0 Å². The van der Waals surface area contributed by atoms with E-state index in [1.807, 2.05) is 49.1 Å². The number of phenolic OH excluding ortho intramolecular Hbond substituents is 1. The van der Waals surface area contributed by atoms with Crippen molar-refractivity contribution >= 4 is 6.29 Å². The van der Waals surface area contributed by atoms with Gasteiger partial charge in [-0.05, 0) is 104 Å². The van der Waals surface area contributed by atoms with Crippen LogP contribution in [0.5, 0.6) is 5.75 Å². The van der Waals surface area contributed by atoms with Gasteiger partial charge in [0.05, 0.1) is 5.69 Å². The quantitative estimate of drug-likeness (QED) is 0.322. The summed E-state index contributed by atoms with van der Waals surface area (Å²) in [7, 11) is 3.99. The number of rotatable bonds is 6. The second-order valence-electron chi connectivity index (χ2n) is 11.5. The molecule has 3 aliphatic rings. The smallest absolute Gasteiger partial charge is 0.119 e. The Kier molecular flexibility index (Phi) is 7.52. The van der Waals surface area contributed by atoms with Gasteiger partial charge < -0.3 is 15.2 Å². The number of aromatic nitrogens is 2. The average Bonchev–Trinajstić information content (AvgIpc) is 3.39. The van der Waals surface area contributed by atoms with Crippen molar-refractivity contribution in [2.75, 3.05) is 7.05 Å². The number of fused-ring (bicyclic) bond motifs is 7. The maximum Gasteiger partial charge on any atom is 0.119 e. The summed E-state index contributed by atoms with van der Waals surface area (Å²) in [6.45, 7) is 3.41. The molecule has 0 saturated heterocycles. The van der Waals surface area contributed by atoms with Gasteiger partial charge in [-0.15, -0.1) is 0 Å². The molecule has 5 unspecified atom stereocenters. The van der Waals surface area contributed by atoms with E-state index in [1.54, 1.807) is 0 Å². The Morgan fingerprint density at radius 1 is 1.16 bits per heavy atom. The van der Waals surface area contributed by atoms with Gasteiger partial charge in [0.25, 0.3) is 0 Å². The maximum absolute atomic E-state index is 10.9. The van der Waals surface area contributed by atoms with Crippen molar-refractivity contribution in [1.29, 1.82) is 0 Å². The molecule has 5 nitrogen and oxygen atoms in total. The predicted octanol–water partition coefficient (Wildman–Crippen LogP) is 6.01. The molecule has 0 radical (unpaired) electrons. The Morgan fingerprint density at radius 3 is 2.73 bits per heavy atom. The van der Waals surface area contributed by atoms with Crippen LogP contribution >= 0.6 is 0 Å². The third kappa shape index (κ3) is 4.86. The highest BCUT2D eigenvalue weighted by Gasteiger charge is 2.58. The molecule has 1 saturated carbocycles. The number of nitrogens with one attached hydrogen (secondary N) is 1. The molecule has 0 bridgehead atoms. The SMILES string of the molecule is CNCc1ccccc1.Cn1cc2c(n1)C1(C)CCC3c4ccc(O)cc4CCC3C1C2CCCC=O. The summed E-state index contributed by atoms with van der Waals surface area (Å²) in [5.74, 6) is 2.77. The minimum absolute atomic E-state index is 0.151. The molecule has 1 heterocycles. The fourth-order valence-corrected chi connectivity index (χ4v) is 7.81. The number of aldehydes is 1. The van der Waals surface area contributed by atoms with Crippen LogP contribution in [0, 0.1) is 11.8 Å². The van der Waals surface area contributed by atoms with Crippen LogP contribution in [0.15, 0.2) is 54.7 Å². The molecule has 1 aromatic heterocycles. The minimum Gasteiger partial charge on any atom is -0.508 e. The van der Waals surface area contributed by atoms with Crippen LogP contribution in [0.25, 0.3) is 0 Å². The predicted molar refractivity (Wildman–Crippen MR) is 148 cm³/mol. The topological polar surface area (TPSA) is 67.2 Å². The number of hydrogen-bond acceptors (Lipinski definition) is 4. The number of unbranched alkanes of at least 4 members (excludes halogenated alkanes) is 1. The standard InChI is InChI=1S/C24H30N2O2.C8H11N/c1-24-11-10-18-17-9-7-16(28)13-15(17)6-8-20(18)22(24)19(5-3-4-12-27)21-14-26(2)25-23(21)24;1-9-7-8-5-3-2-4-6-8/h7,9,12-14,18-20,22,28H,3-6,8,10-11H2,1-2H3;2-6,9H,7H2,1H3. The van der Waals surface area contributed by atoms with Crippen molar-refractivity contribution in [3.8, 4) is 5.75 Å². The van der Waals surface area contributed by atoms with Gasteiger partial charge in [0.15, 0.2) is 0 Å². The summed E-state index contributed by atoms with van der Waals surface area (Å²) in [4.78, 5) is 10.9. The van der Waals surface area contributed by atoms with E-state index in [-0.39, 0.29) is 5.41 Å². The van der Waals surface area contributed by atoms with Crippen LogP contribution in [0.1, 0.15) is 85.2 Å². The summed E-state index contributed by atoms with van der Waals surface area (Å²) >= 11 is 0. The largest absolute Gasteiger partial charge is 0.508 e. The van der Waals surface area contributed by atoms with E-state index in [0.717, 1.165) is 32.1 Å². The second-order valence-corrected chi connectivity index (χ2v) is 11.5. The Labute approximate surface area is 221 Å². The Bertz CT molecular complexity index is 1220. The van der Waals surface area contributed by atoms with Gasteiger partial charge in [0, 0.05) is 31.6 Å². The maximum atomic E-state index is 10.9. The van der Waals surface area contributed by atoms with Crippen LogP contribution in [-0.4, -0.2) is 28.2 Å². The number of carbonyl (C=O) groups excluding carboxylic acids is 1. The van der Waals surface area contributed by atoms with Gasteiger partial charge in [0.2, 0.25) is 0 Å². The number of nitrogens with zero attached hydrogens (tertiary/aromatic N) is 2. The summed E-state index contributed by atoms with van der Waals surface area (Å²) in [6, 6.07) is 16.4. The molecular weight excluding hydrogens is 458 g/mol. The molecule has 0 aliphatic heterocycles. The first-order valence-electron chi connectivity index (χ1n) is 13.9. The Morgan fingerprint density at radius 2 is 1.97 bits per heavy atom. The van der Waals surface area contributed by atoms with Crippen molar-refractivity contribution < 1.29 is 9.90 Å². The van der Waals surface area contributed by atoms with E-state index in [4.69, 9.17) is 5.10 Å². The highest BCUT2D eigenvalue weighted by atomic mass is 16.3.